The number of rotatable bonds is 7. The smallest absolute Gasteiger partial charge is 0.230 e. The number of hydrogen-bond acceptors (Lipinski definition) is 5. The average molecular weight is 389 g/mol. The topological polar surface area (TPSA) is 69.0 Å². The third kappa shape index (κ3) is 4.64. The summed E-state index contributed by atoms with van der Waals surface area (Å²) in [5, 5.41) is 12.6. The number of nitrogens with one attached hydrogen (secondary N) is 1. The summed E-state index contributed by atoms with van der Waals surface area (Å²) >= 11 is 1.43. The van der Waals surface area contributed by atoms with Gasteiger partial charge in [0, 0.05) is 12.6 Å². The molecule has 1 heterocycles. The lowest BCUT2D eigenvalue weighted by Gasteiger charge is -2.29. The quantitative estimate of drug-likeness (QED) is 0.732. The Morgan fingerprint density at radius 3 is 2.81 bits per heavy atom. The van der Waals surface area contributed by atoms with Crippen LogP contribution in [0.3, 0.4) is 0 Å². The number of para-hydroxylation sites is 1. The minimum absolute atomic E-state index is 0.0724. The van der Waals surface area contributed by atoms with E-state index >= 15 is 0 Å². The molecule has 2 aromatic rings. The zero-order valence-corrected chi connectivity index (χ0v) is 17.1. The van der Waals surface area contributed by atoms with E-state index < -0.39 is 0 Å². The molecule has 1 N–H and O–H groups in total. The fraction of sp³-hybridized carbons (Fsp3) is 0.550. The maximum atomic E-state index is 12.4. The number of hydrogen-bond donors (Lipinski definition) is 1. The molecule has 0 bridgehead atoms. The maximum absolute atomic E-state index is 12.4. The molecular weight excluding hydrogens is 360 g/mol. The summed E-state index contributed by atoms with van der Waals surface area (Å²) in [7, 11) is 1.65. The normalized spacial score (nSPS) is 19.7. The minimum atomic E-state index is 0.0724. The molecule has 0 unspecified atom stereocenters. The Bertz CT molecular complexity index is 777. The number of amides is 1. The third-order valence-corrected chi connectivity index (χ3v) is 6.14. The van der Waals surface area contributed by atoms with Crippen molar-refractivity contribution in [3.63, 3.8) is 0 Å². The van der Waals surface area contributed by atoms with Crippen LogP contribution < -0.4 is 10.1 Å². The van der Waals surface area contributed by atoms with Crippen LogP contribution in [0.25, 0.3) is 11.4 Å². The summed E-state index contributed by atoms with van der Waals surface area (Å²) in [6, 6.07) is 8.08. The van der Waals surface area contributed by atoms with Crippen LogP contribution in [0.5, 0.6) is 5.75 Å². The summed E-state index contributed by atoms with van der Waals surface area (Å²) in [5.74, 6) is 2.51. The van der Waals surface area contributed by atoms with Crippen molar-refractivity contribution < 1.29 is 9.53 Å². The molecule has 7 heteroatoms. The van der Waals surface area contributed by atoms with Crippen LogP contribution in [0.2, 0.25) is 0 Å². The van der Waals surface area contributed by atoms with Gasteiger partial charge in [0.05, 0.1) is 18.4 Å². The van der Waals surface area contributed by atoms with Gasteiger partial charge in [-0.1, -0.05) is 43.7 Å². The van der Waals surface area contributed by atoms with Crippen molar-refractivity contribution in [1.29, 1.82) is 0 Å². The predicted octanol–water partition coefficient (Wildman–Crippen LogP) is 3.76. The van der Waals surface area contributed by atoms with Gasteiger partial charge in [-0.05, 0) is 37.8 Å². The fourth-order valence-electron chi connectivity index (χ4n) is 3.62. The molecular formula is C20H28N4O2S. The molecule has 1 fully saturated rings. The number of thioether (sulfide) groups is 1. The highest BCUT2D eigenvalue weighted by Gasteiger charge is 2.23. The zero-order valence-electron chi connectivity index (χ0n) is 16.3. The van der Waals surface area contributed by atoms with Gasteiger partial charge in [0.25, 0.3) is 0 Å². The standard InChI is InChI=1S/C20H28N4O2S/c1-4-24-19(15-10-6-8-12-17(15)26-3)22-23-20(24)27-13-18(25)21-16-11-7-5-9-14(16)2/h6,8,10,12,14,16H,4-5,7,9,11,13H2,1-3H3,(H,21,25)/t14-,16-/m0/s1. The second-order valence-electron chi connectivity index (χ2n) is 6.98. The molecule has 3 rings (SSSR count). The largest absolute Gasteiger partial charge is 0.496 e. The summed E-state index contributed by atoms with van der Waals surface area (Å²) in [5.41, 5.74) is 0.904. The average Bonchev–Trinajstić information content (AvgIpc) is 3.10. The Labute approximate surface area is 165 Å². The van der Waals surface area contributed by atoms with E-state index in [-0.39, 0.29) is 5.91 Å². The monoisotopic (exact) mass is 388 g/mol. The van der Waals surface area contributed by atoms with E-state index in [1.807, 2.05) is 28.8 Å². The predicted molar refractivity (Wildman–Crippen MR) is 108 cm³/mol. The lowest BCUT2D eigenvalue weighted by molar-refractivity contribution is -0.119. The van der Waals surface area contributed by atoms with E-state index in [1.165, 1.54) is 31.0 Å². The van der Waals surface area contributed by atoms with Gasteiger partial charge in [0.15, 0.2) is 11.0 Å². The number of benzene rings is 1. The highest BCUT2D eigenvalue weighted by atomic mass is 32.2. The van der Waals surface area contributed by atoms with Crippen molar-refractivity contribution in [2.75, 3.05) is 12.9 Å². The highest BCUT2D eigenvalue weighted by molar-refractivity contribution is 7.99. The van der Waals surface area contributed by atoms with Crippen molar-refractivity contribution in [2.24, 2.45) is 5.92 Å². The molecule has 6 nitrogen and oxygen atoms in total. The van der Waals surface area contributed by atoms with Crippen LogP contribution in [-0.4, -0.2) is 39.6 Å². The summed E-state index contributed by atoms with van der Waals surface area (Å²) in [4.78, 5) is 12.4. The second-order valence-corrected chi connectivity index (χ2v) is 7.92. The Morgan fingerprint density at radius 2 is 2.07 bits per heavy atom. The van der Waals surface area contributed by atoms with Crippen LogP contribution in [0.1, 0.15) is 39.5 Å². The lowest BCUT2D eigenvalue weighted by atomic mass is 9.86. The van der Waals surface area contributed by atoms with Gasteiger partial charge in [0.1, 0.15) is 5.75 Å². The number of carbonyl (C=O) groups is 1. The summed E-state index contributed by atoms with van der Waals surface area (Å²) in [6.45, 7) is 5.00. The van der Waals surface area contributed by atoms with Crippen molar-refractivity contribution in [1.82, 2.24) is 20.1 Å². The lowest BCUT2D eigenvalue weighted by Crippen LogP contribution is -2.41. The van der Waals surface area contributed by atoms with Crippen LogP contribution >= 0.6 is 11.8 Å². The molecule has 0 aliphatic heterocycles. The van der Waals surface area contributed by atoms with E-state index in [0.29, 0.717) is 17.7 Å². The molecule has 0 radical (unpaired) electrons. The molecule has 1 aliphatic carbocycles. The van der Waals surface area contributed by atoms with Crippen LogP contribution in [-0.2, 0) is 11.3 Å². The van der Waals surface area contributed by atoms with Crippen molar-refractivity contribution in [3.05, 3.63) is 24.3 Å². The first kappa shape index (κ1) is 19.7. The number of nitrogens with zero attached hydrogens (tertiary/aromatic N) is 3. The Morgan fingerprint density at radius 1 is 1.30 bits per heavy atom. The van der Waals surface area contributed by atoms with Gasteiger partial charge in [0.2, 0.25) is 5.91 Å². The zero-order chi connectivity index (χ0) is 19.2. The molecule has 1 saturated carbocycles. The van der Waals surface area contributed by atoms with Gasteiger partial charge < -0.3 is 14.6 Å². The third-order valence-electron chi connectivity index (χ3n) is 5.17. The Balaban J connectivity index is 1.67. The van der Waals surface area contributed by atoms with Crippen LogP contribution in [0.15, 0.2) is 29.4 Å². The van der Waals surface area contributed by atoms with Gasteiger partial charge in [-0.15, -0.1) is 10.2 Å². The number of methoxy groups -OCH3 is 1. The highest BCUT2D eigenvalue weighted by Crippen LogP contribution is 2.31. The minimum Gasteiger partial charge on any atom is -0.496 e. The molecule has 1 amide bonds. The van der Waals surface area contributed by atoms with Gasteiger partial charge in [-0.2, -0.15) is 0 Å². The summed E-state index contributed by atoms with van der Waals surface area (Å²) in [6.07, 6.45) is 4.76. The number of aromatic nitrogens is 3. The second kappa shape index (κ2) is 9.26. The first-order valence-electron chi connectivity index (χ1n) is 9.62. The molecule has 1 aromatic carbocycles. The molecule has 27 heavy (non-hydrogen) atoms. The van der Waals surface area contributed by atoms with Crippen LogP contribution in [0, 0.1) is 5.92 Å². The fourth-order valence-corrected chi connectivity index (χ4v) is 4.43. The van der Waals surface area contributed by atoms with Crippen LogP contribution in [0.4, 0.5) is 0 Å². The van der Waals surface area contributed by atoms with E-state index in [1.54, 1.807) is 7.11 Å². The molecule has 0 spiro atoms. The van der Waals surface area contributed by atoms with Gasteiger partial charge in [-0.3, -0.25) is 4.79 Å². The number of carbonyl (C=O) groups excluding carboxylic acids is 1. The molecule has 146 valence electrons. The van der Waals surface area contributed by atoms with Gasteiger partial charge in [-0.25, -0.2) is 0 Å². The number of ether oxygens (including phenoxy) is 1. The first-order valence-corrected chi connectivity index (χ1v) is 10.6. The Hall–Kier alpha value is -2.02. The molecule has 2 atom stereocenters. The van der Waals surface area contributed by atoms with Crippen molar-refractivity contribution in [2.45, 2.75) is 57.3 Å². The molecule has 1 aliphatic rings. The summed E-state index contributed by atoms with van der Waals surface area (Å²) < 4.78 is 7.48. The molecule has 0 saturated heterocycles. The SMILES string of the molecule is CCn1c(SCC(=O)N[C@H]2CCCC[C@@H]2C)nnc1-c1ccccc1OC. The maximum Gasteiger partial charge on any atom is 0.230 e. The first-order chi connectivity index (χ1) is 13.1. The van der Waals surface area contributed by atoms with E-state index in [4.69, 9.17) is 4.74 Å². The van der Waals surface area contributed by atoms with Crippen molar-refractivity contribution in [3.8, 4) is 17.1 Å². The Kier molecular flexibility index (Phi) is 6.77. The van der Waals surface area contributed by atoms with E-state index in [0.717, 1.165) is 35.3 Å². The molecule has 1 aromatic heterocycles. The van der Waals surface area contributed by atoms with Crippen molar-refractivity contribution >= 4 is 17.7 Å². The van der Waals surface area contributed by atoms with E-state index in [2.05, 4.69) is 29.4 Å². The van der Waals surface area contributed by atoms with Gasteiger partial charge >= 0.3 is 0 Å². The van der Waals surface area contributed by atoms with E-state index in [9.17, 15) is 4.79 Å².